The van der Waals surface area contributed by atoms with Crippen molar-refractivity contribution >= 4 is 17.5 Å². The molecule has 0 radical (unpaired) electrons. The van der Waals surface area contributed by atoms with Gasteiger partial charge in [-0.3, -0.25) is 4.79 Å². The van der Waals surface area contributed by atoms with E-state index in [4.69, 9.17) is 20.9 Å². The van der Waals surface area contributed by atoms with Gasteiger partial charge in [0.05, 0.1) is 5.56 Å². The smallest absolute Gasteiger partial charge is 0.257 e. The molecule has 7 heteroatoms. The van der Waals surface area contributed by atoms with Crippen molar-refractivity contribution in [2.75, 3.05) is 7.05 Å². The summed E-state index contributed by atoms with van der Waals surface area (Å²) in [6.45, 7) is 0.500. The average molecular weight is 434 g/mol. The highest BCUT2D eigenvalue weighted by Crippen LogP contribution is 2.26. The van der Waals surface area contributed by atoms with E-state index in [0.29, 0.717) is 34.7 Å². The van der Waals surface area contributed by atoms with Crippen LogP contribution in [0, 0.1) is 0 Å². The number of benzene rings is 3. The molecule has 156 valence electrons. The molecule has 0 atom stereocenters. The van der Waals surface area contributed by atoms with E-state index in [1.165, 1.54) is 4.90 Å². The minimum Gasteiger partial charge on any atom is -0.488 e. The largest absolute Gasteiger partial charge is 0.488 e. The monoisotopic (exact) mass is 433 g/mol. The summed E-state index contributed by atoms with van der Waals surface area (Å²) in [4.78, 5) is 19.0. The van der Waals surface area contributed by atoms with Crippen molar-refractivity contribution in [1.82, 2.24) is 15.0 Å². The molecule has 0 bridgehead atoms. The zero-order valence-electron chi connectivity index (χ0n) is 16.9. The van der Waals surface area contributed by atoms with Crippen LogP contribution in [-0.2, 0) is 13.2 Å². The van der Waals surface area contributed by atoms with E-state index in [1.807, 2.05) is 60.7 Å². The first-order valence-electron chi connectivity index (χ1n) is 9.70. The molecule has 0 saturated heterocycles. The fourth-order valence-corrected chi connectivity index (χ4v) is 3.21. The molecule has 0 spiro atoms. The van der Waals surface area contributed by atoms with Gasteiger partial charge in [-0.2, -0.15) is 4.98 Å². The van der Waals surface area contributed by atoms with E-state index < -0.39 is 0 Å². The Morgan fingerprint density at radius 3 is 2.48 bits per heavy atom. The Bertz CT molecular complexity index is 1160. The summed E-state index contributed by atoms with van der Waals surface area (Å²) >= 11 is 6.15. The molecule has 31 heavy (non-hydrogen) atoms. The molecule has 4 rings (SSSR count). The lowest BCUT2D eigenvalue weighted by Crippen LogP contribution is -2.27. The predicted molar refractivity (Wildman–Crippen MR) is 118 cm³/mol. The lowest BCUT2D eigenvalue weighted by molar-refractivity contribution is 0.0764. The maximum atomic E-state index is 13.1. The van der Waals surface area contributed by atoms with Gasteiger partial charge in [0.1, 0.15) is 18.9 Å². The Kier molecular flexibility index (Phi) is 6.29. The lowest BCUT2D eigenvalue weighted by atomic mass is 10.1. The first-order chi connectivity index (χ1) is 15.1. The zero-order chi connectivity index (χ0) is 21.6. The Morgan fingerprint density at radius 2 is 1.74 bits per heavy atom. The van der Waals surface area contributed by atoms with Crippen LogP contribution >= 0.6 is 11.6 Å². The summed E-state index contributed by atoms with van der Waals surface area (Å²) < 4.78 is 11.2. The molecule has 0 aliphatic carbocycles. The Hall–Kier alpha value is -3.64. The fourth-order valence-electron chi connectivity index (χ4n) is 3.03. The highest BCUT2D eigenvalue weighted by molar-refractivity contribution is 6.31. The molecule has 1 aromatic heterocycles. The summed E-state index contributed by atoms with van der Waals surface area (Å²) in [5.74, 6) is 1.01. The van der Waals surface area contributed by atoms with Crippen molar-refractivity contribution < 1.29 is 14.1 Å². The Labute approximate surface area is 185 Å². The van der Waals surface area contributed by atoms with E-state index in [9.17, 15) is 4.79 Å². The van der Waals surface area contributed by atoms with Gasteiger partial charge in [-0.15, -0.1) is 0 Å². The molecule has 1 amide bonds. The van der Waals surface area contributed by atoms with Gasteiger partial charge in [0.2, 0.25) is 11.7 Å². The van der Waals surface area contributed by atoms with Crippen LogP contribution in [0.25, 0.3) is 11.4 Å². The van der Waals surface area contributed by atoms with Crippen molar-refractivity contribution in [2.45, 2.75) is 13.2 Å². The van der Waals surface area contributed by atoms with Crippen LogP contribution in [0.5, 0.6) is 5.75 Å². The molecule has 0 N–H and O–H groups in total. The van der Waals surface area contributed by atoms with Gasteiger partial charge >= 0.3 is 0 Å². The van der Waals surface area contributed by atoms with Crippen LogP contribution in [0.1, 0.15) is 21.8 Å². The molecule has 0 unspecified atom stereocenters. The minimum absolute atomic E-state index is 0.156. The Balaban J connectivity index is 1.48. The number of nitrogens with zero attached hydrogens (tertiary/aromatic N) is 3. The number of ether oxygens (including phenoxy) is 1. The molecule has 0 fully saturated rings. The number of halogens is 1. The SMILES string of the molecule is CN(Cc1nc(-c2ccccc2)no1)C(=O)c1cc(Cl)ccc1OCc1ccccc1. The number of hydrogen-bond donors (Lipinski definition) is 0. The van der Waals surface area contributed by atoms with Gasteiger partial charge < -0.3 is 14.2 Å². The summed E-state index contributed by atoms with van der Waals surface area (Å²) in [6.07, 6.45) is 0. The topological polar surface area (TPSA) is 68.5 Å². The van der Waals surface area contributed by atoms with E-state index in [2.05, 4.69) is 10.1 Å². The van der Waals surface area contributed by atoms with Gasteiger partial charge in [-0.1, -0.05) is 77.4 Å². The third-order valence-corrected chi connectivity index (χ3v) is 4.86. The van der Waals surface area contributed by atoms with E-state index >= 15 is 0 Å². The Morgan fingerprint density at radius 1 is 1.03 bits per heavy atom. The molecule has 0 saturated carbocycles. The number of amides is 1. The minimum atomic E-state index is -0.259. The molecule has 1 heterocycles. The number of carbonyl (C=O) groups excluding carboxylic acids is 1. The van der Waals surface area contributed by atoms with Crippen LogP contribution in [0.3, 0.4) is 0 Å². The number of carbonyl (C=O) groups is 1. The summed E-state index contributed by atoms with van der Waals surface area (Å²) in [7, 11) is 1.66. The van der Waals surface area contributed by atoms with E-state index in [-0.39, 0.29) is 12.5 Å². The summed E-state index contributed by atoms with van der Waals surface area (Å²) in [5.41, 5.74) is 2.22. The fraction of sp³-hybridized carbons (Fsp3) is 0.125. The average Bonchev–Trinajstić information content (AvgIpc) is 3.27. The van der Waals surface area contributed by atoms with Gasteiger partial charge in [0.15, 0.2) is 0 Å². The van der Waals surface area contributed by atoms with Gasteiger partial charge in [-0.05, 0) is 23.8 Å². The van der Waals surface area contributed by atoms with Crippen LogP contribution in [0.2, 0.25) is 5.02 Å². The van der Waals surface area contributed by atoms with E-state index in [0.717, 1.165) is 11.1 Å². The van der Waals surface area contributed by atoms with Crippen molar-refractivity contribution in [1.29, 1.82) is 0 Å². The molecule has 0 aliphatic heterocycles. The van der Waals surface area contributed by atoms with Crippen LogP contribution in [-0.4, -0.2) is 28.0 Å². The second-order valence-electron chi connectivity index (χ2n) is 6.95. The molecular formula is C24H20ClN3O3. The number of aromatic nitrogens is 2. The maximum Gasteiger partial charge on any atom is 0.257 e. The molecule has 6 nitrogen and oxygen atoms in total. The van der Waals surface area contributed by atoms with Crippen LogP contribution < -0.4 is 4.74 Å². The maximum absolute atomic E-state index is 13.1. The first-order valence-corrected chi connectivity index (χ1v) is 10.1. The third-order valence-electron chi connectivity index (χ3n) is 4.63. The normalized spacial score (nSPS) is 10.6. The van der Waals surface area contributed by atoms with Crippen molar-refractivity contribution in [3.05, 3.63) is 101 Å². The third kappa shape index (κ3) is 5.10. The van der Waals surface area contributed by atoms with Crippen LogP contribution in [0.15, 0.2) is 83.4 Å². The highest BCUT2D eigenvalue weighted by atomic mass is 35.5. The van der Waals surface area contributed by atoms with Crippen molar-refractivity contribution in [3.8, 4) is 17.1 Å². The lowest BCUT2D eigenvalue weighted by Gasteiger charge is -2.18. The summed E-state index contributed by atoms with van der Waals surface area (Å²) in [5, 5.41) is 4.45. The van der Waals surface area contributed by atoms with Crippen molar-refractivity contribution in [3.63, 3.8) is 0 Å². The second kappa shape index (κ2) is 9.45. The molecule has 3 aromatic carbocycles. The molecule has 0 aliphatic rings. The molecular weight excluding hydrogens is 414 g/mol. The quantitative estimate of drug-likeness (QED) is 0.398. The number of hydrogen-bond acceptors (Lipinski definition) is 5. The molecule has 4 aromatic rings. The first kappa shape index (κ1) is 20.6. The van der Waals surface area contributed by atoms with E-state index in [1.54, 1.807) is 25.2 Å². The number of rotatable bonds is 7. The second-order valence-corrected chi connectivity index (χ2v) is 7.39. The van der Waals surface area contributed by atoms with Crippen LogP contribution in [0.4, 0.5) is 0 Å². The standard InChI is InChI=1S/C24H20ClN3O3/c1-28(15-22-26-23(27-31-22)18-10-6-3-7-11-18)24(29)20-14-19(25)12-13-21(20)30-16-17-8-4-2-5-9-17/h2-14H,15-16H2,1H3. The summed E-state index contributed by atoms with van der Waals surface area (Å²) in [6, 6.07) is 24.2. The predicted octanol–water partition coefficient (Wildman–Crippen LogP) is 5.24. The zero-order valence-corrected chi connectivity index (χ0v) is 17.6. The van der Waals surface area contributed by atoms with Gasteiger partial charge in [0.25, 0.3) is 5.91 Å². The van der Waals surface area contributed by atoms with Gasteiger partial charge in [0, 0.05) is 17.6 Å². The highest BCUT2D eigenvalue weighted by Gasteiger charge is 2.20. The van der Waals surface area contributed by atoms with Crippen molar-refractivity contribution in [2.24, 2.45) is 0 Å². The van der Waals surface area contributed by atoms with Gasteiger partial charge in [-0.25, -0.2) is 0 Å².